The SMILES string of the molecule is Cc1nc(C(F)(F)F)sc1Cn1c2c(c3cccnc31)CCN(C(=O)C[C@H]1CC[C@H](C)CC1)C2.O=C(O)O. The van der Waals surface area contributed by atoms with Crippen LogP contribution >= 0.6 is 11.3 Å². The van der Waals surface area contributed by atoms with Gasteiger partial charge >= 0.3 is 12.3 Å². The molecule has 1 amide bonds. The van der Waals surface area contributed by atoms with E-state index in [-0.39, 0.29) is 12.5 Å². The van der Waals surface area contributed by atoms with Crippen LogP contribution in [0.15, 0.2) is 18.3 Å². The monoisotopic (exact) mass is 552 g/mol. The zero-order valence-corrected chi connectivity index (χ0v) is 22.1. The fraction of sp³-hybridized carbons (Fsp3) is 0.538. The van der Waals surface area contributed by atoms with E-state index in [1.165, 1.54) is 12.8 Å². The van der Waals surface area contributed by atoms with E-state index in [9.17, 15) is 18.0 Å². The summed E-state index contributed by atoms with van der Waals surface area (Å²) >= 11 is 0.689. The summed E-state index contributed by atoms with van der Waals surface area (Å²) in [5.74, 6) is 1.39. The van der Waals surface area contributed by atoms with Gasteiger partial charge in [-0.3, -0.25) is 4.79 Å². The van der Waals surface area contributed by atoms with Crippen molar-refractivity contribution in [1.29, 1.82) is 0 Å². The molecule has 2 N–H and O–H groups in total. The number of carboxylic acid groups (broad SMARTS) is 2. The van der Waals surface area contributed by atoms with Gasteiger partial charge in [-0.2, -0.15) is 13.2 Å². The Morgan fingerprint density at radius 3 is 2.50 bits per heavy atom. The van der Waals surface area contributed by atoms with Crippen molar-refractivity contribution < 1.29 is 33.0 Å². The van der Waals surface area contributed by atoms with Crippen molar-refractivity contribution in [1.82, 2.24) is 19.4 Å². The van der Waals surface area contributed by atoms with Crippen LogP contribution in [0.4, 0.5) is 18.0 Å². The molecule has 2 aliphatic rings. The Labute approximate surface area is 222 Å². The molecule has 12 heteroatoms. The van der Waals surface area contributed by atoms with Crippen LogP contribution in [-0.2, 0) is 30.5 Å². The molecule has 38 heavy (non-hydrogen) atoms. The molecule has 3 aromatic rings. The standard InChI is InChI=1S/C25H29F3N4OS.CH2O3/c1-15-5-7-17(8-6-15)12-22(33)31-11-9-18-19-4-3-10-29-23(19)32(20(18)13-31)14-21-16(2)30-24(34-21)25(26,27)28;2-1(3)4/h3-4,10,15,17H,5-9,11-14H2,1-2H3;(H2,2,3,4)/t15-,17-;. The number of carbonyl (C=O) groups is 2. The van der Waals surface area contributed by atoms with Gasteiger partial charge in [0.25, 0.3) is 0 Å². The number of carbonyl (C=O) groups excluding carboxylic acids is 1. The predicted octanol–water partition coefficient (Wildman–Crippen LogP) is 6.19. The second-order valence-electron chi connectivity index (χ2n) is 10.1. The summed E-state index contributed by atoms with van der Waals surface area (Å²) < 4.78 is 41.7. The van der Waals surface area contributed by atoms with Crippen LogP contribution in [0.1, 0.15) is 65.9 Å². The molecule has 3 aromatic heterocycles. The van der Waals surface area contributed by atoms with Crippen molar-refractivity contribution in [2.45, 2.75) is 71.6 Å². The molecule has 5 rings (SSSR count). The van der Waals surface area contributed by atoms with Gasteiger partial charge in [0.05, 0.1) is 18.8 Å². The summed E-state index contributed by atoms with van der Waals surface area (Å²) in [6.07, 6.45) is 1.34. The quantitative estimate of drug-likeness (QED) is 0.400. The van der Waals surface area contributed by atoms with E-state index in [2.05, 4.69) is 16.9 Å². The Kier molecular flexibility index (Phi) is 8.29. The number of hydrogen-bond donors (Lipinski definition) is 2. The van der Waals surface area contributed by atoms with Gasteiger partial charge in [0.1, 0.15) is 5.65 Å². The summed E-state index contributed by atoms with van der Waals surface area (Å²) in [7, 11) is 0. The molecule has 1 aliphatic heterocycles. The largest absolute Gasteiger partial charge is 0.503 e. The number of aryl methyl sites for hydroxylation is 1. The average Bonchev–Trinajstić information content (AvgIpc) is 3.38. The molecule has 0 unspecified atom stereocenters. The lowest BCUT2D eigenvalue weighted by atomic mass is 9.81. The molecule has 1 saturated carbocycles. The number of hydrogen-bond acceptors (Lipinski definition) is 5. The Hall–Kier alpha value is -3.15. The first kappa shape index (κ1) is 27.9. The van der Waals surface area contributed by atoms with Crippen molar-refractivity contribution >= 4 is 34.4 Å². The number of thiazole rings is 1. The first-order chi connectivity index (χ1) is 17.9. The molecule has 0 radical (unpaired) electrons. The molecule has 4 heterocycles. The van der Waals surface area contributed by atoms with Gasteiger partial charge in [-0.05, 0) is 55.7 Å². The number of rotatable bonds is 4. The molecular formula is C26H31F3N4O4S. The average molecular weight is 553 g/mol. The highest BCUT2D eigenvalue weighted by Gasteiger charge is 2.36. The van der Waals surface area contributed by atoms with Gasteiger partial charge in [0.2, 0.25) is 5.91 Å². The molecule has 1 aliphatic carbocycles. The number of aromatic nitrogens is 3. The molecule has 0 atom stereocenters. The van der Waals surface area contributed by atoms with Crippen LogP contribution < -0.4 is 0 Å². The summed E-state index contributed by atoms with van der Waals surface area (Å²) in [5.41, 5.74) is 3.27. The number of fused-ring (bicyclic) bond motifs is 3. The first-order valence-corrected chi connectivity index (χ1v) is 13.4. The van der Waals surface area contributed by atoms with Crippen molar-refractivity contribution in [2.75, 3.05) is 6.54 Å². The molecule has 8 nitrogen and oxygen atoms in total. The van der Waals surface area contributed by atoms with Crippen LogP contribution in [-0.4, -0.2) is 48.3 Å². The Balaban J connectivity index is 0.000000786. The van der Waals surface area contributed by atoms with Crippen LogP contribution in [0.3, 0.4) is 0 Å². The molecule has 0 aromatic carbocycles. The molecule has 206 valence electrons. The van der Waals surface area contributed by atoms with Crippen molar-refractivity contribution in [3.8, 4) is 0 Å². The zero-order chi connectivity index (χ0) is 27.6. The minimum absolute atomic E-state index is 0.184. The second-order valence-corrected chi connectivity index (χ2v) is 11.2. The van der Waals surface area contributed by atoms with E-state index >= 15 is 0 Å². The smallest absolute Gasteiger partial charge is 0.450 e. The van der Waals surface area contributed by atoms with Gasteiger partial charge in [0, 0.05) is 35.1 Å². The lowest BCUT2D eigenvalue weighted by Gasteiger charge is -2.31. The highest BCUT2D eigenvalue weighted by atomic mass is 32.1. The van der Waals surface area contributed by atoms with Crippen molar-refractivity contribution in [3.05, 3.63) is 45.2 Å². The lowest BCUT2D eigenvalue weighted by Crippen LogP contribution is -2.37. The van der Waals surface area contributed by atoms with Crippen LogP contribution in [0.2, 0.25) is 0 Å². The van der Waals surface area contributed by atoms with Gasteiger partial charge < -0.3 is 19.7 Å². The summed E-state index contributed by atoms with van der Waals surface area (Å²) in [4.78, 5) is 32.6. The molecule has 0 spiro atoms. The Morgan fingerprint density at radius 2 is 1.87 bits per heavy atom. The van der Waals surface area contributed by atoms with Gasteiger partial charge in [-0.25, -0.2) is 14.8 Å². The lowest BCUT2D eigenvalue weighted by molar-refractivity contribution is -0.137. The zero-order valence-electron chi connectivity index (χ0n) is 21.3. The van der Waals surface area contributed by atoms with Crippen LogP contribution in [0, 0.1) is 18.8 Å². The predicted molar refractivity (Wildman–Crippen MR) is 136 cm³/mol. The normalized spacial score (nSPS) is 19.6. The maximum absolute atomic E-state index is 13.2. The highest BCUT2D eigenvalue weighted by molar-refractivity contribution is 7.11. The molecule has 0 saturated heterocycles. The van der Waals surface area contributed by atoms with Gasteiger partial charge in [-0.1, -0.05) is 19.8 Å². The summed E-state index contributed by atoms with van der Waals surface area (Å²) in [5, 5.41) is 14.1. The van der Waals surface area contributed by atoms with E-state index < -0.39 is 17.3 Å². The number of alkyl halides is 3. The summed E-state index contributed by atoms with van der Waals surface area (Å²) in [6.45, 7) is 5.30. The van der Waals surface area contributed by atoms with Gasteiger partial charge in [0.15, 0.2) is 5.01 Å². The van der Waals surface area contributed by atoms with E-state index in [0.29, 0.717) is 47.3 Å². The fourth-order valence-electron chi connectivity index (χ4n) is 5.39. The third-order valence-electron chi connectivity index (χ3n) is 7.40. The fourth-order valence-corrected chi connectivity index (χ4v) is 6.31. The number of pyridine rings is 1. The Bertz CT molecular complexity index is 1310. The van der Waals surface area contributed by atoms with E-state index in [1.807, 2.05) is 21.6 Å². The van der Waals surface area contributed by atoms with Crippen LogP contribution in [0.5, 0.6) is 0 Å². The number of halogens is 3. The second kappa shape index (κ2) is 11.3. The first-order valence-electron chi connectivity index (χ1n) is 12.6. The minimum atomic E-state index is -4.45. The van der Waals surface area contributed by atoms with Crippen molar-refractivity contribution in [2.24, 2.45) is 11.8 Å². The minimum Gasteiger partial charge on any atom is -0.450 e. The van der Waals surface area contributed by atoms with E-state index in [1.54, 1.807) is 13.1 Å². The van der Waals surface area contributed by atoms with Crippen LogP contribution in [0.25, 0.3) is 11.0 Å². The maximum Gasteiger partial charge on any atom is 0.503 e. The molecule has 1 fully saturated rings. The highest BCUT2D eigenvalue weighted by Crippen LogP contribution is 2.37. The van der Waals surface area contributed by atoms with Gasteiger partial charge in [-0.15, -0.1) is 11.3 Å². The third kappa shape index (κ3) is 6.28. The Morgan fingerprint density at radius 1 is 1.18 bits per heavy atom. The summed E-state index contributed by atoms with van der Waals surface area (Å²) in [6, 6.07) is 3.90. The molecule has 0 bridgehead atoms. The molecular weight excluding hydrogens is 521 g/mol. The number of amides is 1. The third-order valence-corrected chi connectivity index (χ3v) is 8.59. The topological polar surface area (TPSA) is 109 Å². The van der Waals surface area contributed by atoms with Crippen molar-refractivity contribution in [3.63, 3.8) is 0 Å². The van der Waals surface area contributed by atoms with E-state index in [4.69, 9.17) is 15.0 Å². The number of nitrogens with zero attached hydrogens (tertiary/aromatic N) is 4. The van der Waals surface area contributed by atoms with E-state index in [0.717, 1.165) is 47.5 Å². The maximum atomic E-state index is 13.2.